The number of hydrogen-bond donors (Lipinski definition) is 1. The zero-order valence-corrected chi connectivity index (χ0v) is 11.8. The maximum Gasteiger partial charge on any atom is 0.357 e. The van der Waals surface area contributed by atoms with Crippen LogP contribution in [0.3, 0.4) is 0 Å². The Morgan fingerprint density at radius 1 is 1.26 bits per heavy atom. The molecule has 1 aromatic carbocycles. The highest BCUT2D eigenvalue weighted by atomic mass is 35.5. The van der Waals surface area contributed by atoms with Gasteiger partial charge in [-0.3, -0.25) is 5.01 Å². The van der Waals surface area contributed by atoms with Crippen molar-refractivity contribution >= 4 is 29.2 Å². The Morgan fingerprint density at radius 2 is 1.84 bits per heavy atom. The van der Waals surface area contributed by atoms with Crippen LogP contribution in [0.25, 0.3) is 5.69 Å². The van der Waals surface area contributed by atoms with Gasteiger partial charge in [0.15, 0.2) is 0 Å². The molecule has 2 rings (SSSR count). The van der Waals surface area contributed by atoms with Gasteiger partial charge in [0, 0.05) is 7.05 Å². The first-order valence-electron chi connectivity index (χ1n) is 5.32. The van der Waals surface area contributed by atoms with E-state index < -0.39 is 5.69 Å². The Hall–Kier alpha value is -1.63. The van der Waals surface area contributed by atoms with Crippen LogP contribution in [-0.2, 0) is 0 Å². The summed E-state index contributed by atoms with van der Waals surface area (Å²) in [6, 6.07) is 4.96. The minimum Gasteiger partial charge on any atom is -0.282 e. The summed E-state index contributed by atoms with van der Waals surface area (Å²) >= 11 is 12.2. The van der Waals surface area contributed by atoms with Crippen molar-refractivity contribution in [3.63, 3.8) is 0 Å². The number of aryl methyl sites for hydroxylation is 1. The first-order chi connectivity index (χ1) is 8.91. The van der Waals surface area contributed by atoms with E-state index in [2.05, 4.69) is 9.97 Å². The maximum atomic E-state index is 12.1. The number of hydrazine groups is 1. The molecule has 2 aromatic rings. The first-order valence-corrected chi connectivity index (χ1v) is 6.08. The molecule has 6 nitrogen and oxygen atoms in total. The van der Waals surface area contributed by atoms with E-state index >= 15 is 0 Å². The van der Waals surface area contributed by atoms with E-state index in [0.29, 0.717) is 21.6 Å². The van der Waals surface area contributed by atoms with Gasteiger partial charge in [0.1, 0.15) is 5.82 Å². The highest BCUT2D eigenvalue weighted by Gasteiger charge is 2.15. The summed E-state index contributed by atoms with van der Waals surface area (Å²) in [5, 5.41) is 1.85. The van der Waals surface area contributed by atoms with Crippen molar-refractivity contribution in [3.05, 3.63) is 44.6 Å². The van der Waals surface area contributed by atoms with Crippen LogP contribution in [0, 0.1) is 6.92 Å². The van der Waals surface area contributed by atoms with Crippen molar-refractivity contribution in [2.75, 3.05) is 12.1 Å². The monoisotopic (exact) mass is 299 g/mol. The van der Waals surface area contributed by atoms with E-state index in [4.69, 9.17) is 29.0 Å². The van der Waals surface area contributed by atoms with E-state index in [1.54, 1.807) is 32.2 Å². The molecule has 0 atom stereocenters. The molecular formula is C11H11Cl2N5O. The summed E-state index contributed by atoms with van der Waals surface area (Å²) < 4.78 is 1.25. The van der Waals surface area contributed by atoms with Crippen molar-refractivity contribution in [1.29, 1.82) is 0 Å². The SMILES string of the molecule is Cc1nc(N(C)N)nc(=O)n1-c1c(Cl)cccc1Cl. The van der Waals surface area contributed by atoms with Gasteiger partial charge >= 0.3 is 5.69 Å². The molecule has 1 heterocycles. The third kappa shape index (κ3) is 2.56. The van der Waals surface area contributed by atoms with Gasteiger partial charge in [0.05, 0.1) is 15.7 Å². The number of para-hydroxylation sites is 1. The van der Waals surface area contributed by atoms with Crippen LogP contribution in [0.2, 0.25) is 10.0 Å². The maximum absolute atomic E-state index is 12.1. The molecule has 100 valence electrons. The first kappa shape index (κ1) is 13.8. The standard InChI is InChI=1S/C11H11Cl2N5O/c1-6-15-10(17(2)14)16-11(19)18(6)9-7(12)4-3-5-8(9)13/h3-5H,14H2,1-2H3. The van der Waals surface area contributed by atoms with Crippen molar-refractivity contribution in [2.45, 2.75) is 6.92 Å². The third-order valence-electron chi connectivity index (χ3n) is 2.45. The molecule has 0 aliphatic heterocycles. The average molecular weight is 300 g/mol. The molecule has 19 heavy (non-hydrogen) atoms. The molecule has 0 bridgehead atoms. The summed E-state index contributed by atoms with van der Waals surface area (Å²) in [7, 11) is 1.54. The van der Waals surface area contributed by atoms with Crippen LogP contribution in [0.1, 0.15) is 5.82 Å². The van der Waals surface area contributed by atoms with Gasteiger partial charge in [-0.25, -0.2) is 15.2 Å². The second-order valence-electron chi connectivity index (χ2n) is 3.87. The number of nitrogens with two attached hydrogens (primary N) is 1. The molecule has 8 heteroatoms. The van der Waals surface area contributed by atoms with Gasteiger partial charge in [-0.1, -0.05) is 29.3 Å². The molecule has 0 amide bonds. The van der Waals surface area contributed by atoms with Crippen LogP contribution >= 0.6 is 23.2 Å². The Bertz CT molecular complexity index is 663. The van der Waals surface area contributed by atoms with Gasteiger partial charge in [0.25, 0.3) is 0 Å². The predicted octanol–water partition coefficient (Wildman–Crippen LogP) is 1.55. The normalized spacial score (nSPS) is 10.6. The van der Waals surface area contributed by atoms with E-state index in [9.17, 15) is 4.79 Å². The van der Waals surface area contributed by atoms with Crippen LogP contribution in [0.15, 0.2) is 23.0 Å². The average Bonchev–Trinajstić information content (AvgIpc) is 2.31. The smallest absolute Gasteiger partial charge is 0.282 e. The Morgan fingerprint density at radius 3 is 2.32 bits per heavy atom. The van der Waals surface area contributed by atoms with Crippen molar-refractivity contribution in [3.8, 4) is 5.69 Å². The molecule has 0 saturated carbocycles. The number of hydrogen-bond acceptors (Lipinski definition) is 5. The minimum atomic E-state index is -0.546. The van der Waals surface area contributed by atoms with Crippen LogP contribution < -0.4 is 16.5 Å². The van der Waals surface area contributed by atoms with E-state index in [1.165, 1.54) is 4.57 Å². The van der Waals surface area contributed by atoms with Gasteiger partial charge in [-0.05, 0) is 19.1 Å². The molecule has 2 N–H and O–H groups in total. The second kappa shape index (κ2) is 5.16. The highest BCUT2D eigenvalue weighted by molar-refractivity contribution is 6.37. The summed E-state index contributed by atoms with van der Waals surface area (Å²) in [6.07, 6.45) is 0. The van der Waals surface area contributed by atoms with Crippen LogP contribution in [0.4, 0.5) is 5.95 Å². The summed E-state index contributed by atoms with van der Waals surface area (Å²) in [5.74, 6) is 6.03. The fourth-order valence-electron chi connectivity index (χ4n) is 1.61. The lowest BCUT2D eigenvalue weighted by atomic mass is 10.3. The fourth-order valence-corrected chi connectivity index (χ4v) is 2.18. The largest absolute Gasteiger partial charge is 0.357 e. The molecule has 0 saturated heterocycles. The lowest BCUT2D eigenvalue weighted by Crippen LogP contribution is -2.33. The third-order valence-corrected chi connectivity index (χ3v) is 3.06. The number of halogens is 2. The topological polar surface area (TPSA) is 77.0 Å². The fraction of sp³-hybridized carbons (Fsp3) is 0.182. The van der Waals surface area contributed by atoms with Gasteiger partial charge < -0.3 is 0 Å². The summed E-state index contributed by atoms with van der Waals surface area (Å²) in [6.45, 7) is 1.65. The van der Waals surface area contributed by atoms with E-state index in [0.717, 1.165) is 5.01 Å². The van der Waals surface area contributed by atoms with Crippen molar-refractivity contribution in [2.24, 2.45) is 5.84 Å². The number of benzene rings is 1. The highest BCUT2D eigenvalue weighted by Crippen LogP contribution is 2.27. The zero-order chi connectivity index (χ0) is 14.2. The number of nitrogens with zero attached hydrogens (tertiary/aromatic N) is 4. The number of rotatable bonds is 2. The molecule has 0 unspecified atom stereocenters. The van der Waals surface area contributed by atoms with E-state index in [-0.39, 0.29) is 5.95 Å². The molecule has 0 radical (unpaired) electrons. The van der Waals surface area contributed by atoms with Crippen LogP contribution in [0.5, 0.6) is 0 Å². The van der Waals surface area contributed by atoms with Gasteiger partial charge in [-0.2, -0.15) is 9.97 Å². The second-order valence-corrected chi connectivity index (χ2v) is 4.68. The minimum absolute atomic E-state index is 0.127. The Balaban J connectivity index is 2.74. The lowest BCUT2D eigenvalue weighted by Gasteiger charge is -2.15. The number of aromatic nitrogens is 3. The van der Waals surface area contributed by atoms with E-state index in [1.807, 2.05) is 0 Å². The van der Waals surface area contributed by atoms with Crippen LogP contribution in [-0.4, -0.2) is 21.6 Å². The predicted molar refractivity (Wildman–Crippen MR) is 75.0 cm³/mol. The van der Waals surface area contributed by atoms with Crippen molar-refractivity contribution in [1.82, 2.24) is 14.5 Å². The molecule has 1 aromatic heterocycles. The van der Waals surface area contributed by atoms with Crippen molar-refractivity contribution < 1.29 is 0 Å². The summed E-state index contributed by atoms with van der Waals surface area (Å²) in [5.41, 5.74) is -0.186. The molecular weight excluding hydrogens is 289 g/mol. The molecule has 0 aliphatic rings. The van der Waals surface area contributed by atoms with Gasteiger partial charge in [-0.15, -0.1) is 0 Å². The number of anilines is 1. The Labute approximate surface area is 119 Å². The molecule has 0 fully saturated rings. The quantitative estimate of drug-likeness (QED) is 0.672. The Kier molecular flexibility index (Phi) is 3.75. The molecule has 0 aliphatic carbocycles. The summed E-state index contributed by atoms with van der Waals surface area (Å²) in [4.78, 5) is 20.0. The zero-order valence-electron chi connectivity index (χ0n) is 10.3. The lowest BCUT2D eigenvalue weighted by molar-refractivity contribution is 0.782. The van der Waals surface area contributed by atoms with Gasteiger partial charge in [0.2, 0.25) is 5.95 Å². The molecule has 0 spiro atoms.